The zero-order chi connectivity index (χ0) is 27.9. The van der Waals surface area contributed by atoms with Gasteiger partial charge in [0.1, 0.15) is 18.2 Å². The Labute approximate surface area is 223 Å². The van der Waals surface area contributed by atoms with Crippen LogP contribution in [0.4, 0.5) is 0 Å². The van der Waals surface area contributed by atoms with Crippen molar-refractivity contribution in [1.29, 1.82) is 0 Å². The summed E-state index contributed by atoms with van der Waals surface area (Å²) in [7, 11) is 2.07. The first-order chi connectivity index (χ1) is 18.3. The van der Waals surface area contributed by atoms with E-state index in [4.69, 9.17) is 7.16 Å². The molecule has 6 rings (SSSR count). The lowest BCUT2D eigenvalue weighted by Gasteiger charge is -2.38. The van der Waals surface area contributed by atoms with Crippen LogP contribution in [0.25, 0.3) is 44.3 Å². The Morgan fingerprint density at radius 3 is 2.43 bits per heavy atom. The zero-order valence-electron chi connectivity index (χ0n) is 25.1. The van der Waals surface area contributed by atoms with Gasteiger partial charge >= 0.3 is 0 Å². The summed E-state index contributed by atoms with van der Waals surface area (Å²) >= 11 is 0. The molecule has 0 unspecified atom stereocenters. The van der Waals surface area contributed by atoms with Gasteiger partial charge in [0.25, 0.3) is 0 Å². The fourth-order valence-electron chi connectivity index (χ4n) is 6.24. The summed E-state index contributed by atoms with van der Waals surface area (Å²) in [5, 5.41) is 2.19. The van der Waals surface area contributed by atoms with Gasteiger partial charge < -0.3 is 4.42 Å². The number of aromatic nitrogens is 1. The van der Waals surface area contributed by atoms with Gasteiger partial charge in [-0.15, -0.1) is 0 Å². The lowest BCUT2D eigenvalue weighted by Crippen LogP contribution is -2.30. The highest BCUT2D eigenvalue weighted by Crippen LogP contribution is 2.48. The number of benzene rings is 3. The molecule has 0 spiro atoms. The summed E-state index contributed by atoms with van der Waals surface area (Å²) in [6.07, 6.45) is 2.03. The van der Waals surface area contributed by atoms with Crippen LogP contribution < -0.4 is 4.57 Å². The van der Waals surface area contributed by atoms with Crippen molar-refractivity contribution in [3.8, 4) is 22.4 Å². The van der Waals surface area contributed by atoms with Crippen molar-refractivity contribution in [2.75, 3.05) is 0 Å². The molecule has 0 radical (unpaired) electrons. The molecule has 2 heteroatoms. The molecule has 2 heterocycles. The number of nitrogens with zero attached hydrogens (tertiary/aromatic N) is 1. The van der Waals surface area contributed by atoms with Gasteiger partial charge in [0.2, 0.25) is 5.69 Å². The molecule has 0 saturated carbocycles. The summed E-state index contributed by atoms with van der Waals surface area (Å²) in [6, 6.07) is 21.4. The maximum absolute atomic E-state index is 9.12. The van der Waals surface area contributed by atoms with E-state index in [9.17, 15) is 0 Å². The average molecular weight is 491 g/mol. The highest BCUT2D eigenvalue weighted by molar-refractivity contribution is 6.13. The Hall–Kier alpha value is -3.39. The number of fused-ring (bicyclic) bond motifs is 4. The van der Waals surface area contributed by atoms with Crippen LogP contribution >= 0.6 is 0 Å². The molecule has 1 aliphatic rings. The van der Waals surface area contributed by atoms with E-state index >= 15 is 0 Å². The second kappa shape index (κ2) is 8.31. The third-order valence-corrected chi connectivity index (χ3v) is 8.22. The molecule has 37 heavy (non-hydrogen) atoms. The quantitative estimate of drug-likeness (QED) is 0.226. The van der Waals surface area contributed by atoms with Gasteiger partial charge in [-0.2, -0.15) is 0 Å². The molecule has 0 atom stereocenters. The van der Waals surface area contributed by atoms with Gasteiger partial charge in [-0.25, -0.2) is 4.57 Å². The highest BCUT2D eigenvalue weighted by Gasteiger charge is 2.34. The molecule has 0 N–H and O–H groups in total. The number of hydrogen-bond acceptors (Lipinski definition) is 1. The van der Waals surface area contributed by atoms with E-state index in [1.54, 1.807) is 0 Å². The van der Waals surface area contributed by atoms with Crippen LogP contribution in [-0.4, -0.2) is 0 Å². The molecular formula is C35H38NO+. The van der Waals surface area contributed by atoms with E-state index in [1.807, 2.05) is 6.07 Å². The summed E-state index contributed by atoms with van der Waals surface area (Å²) in [4.78, 5) is 0. The van der Waals surface area contributed by atoms with Crippen LogP contribution in [0, 0.1) is 6.92 Å². The molecule has 1 aliphatic carbocycles. The summed E-state index contributed by atoms with van der Waals surface area (Å²) in [5.41, 5.74) is 10.1. The van der Waals surface area contributed by atoms with E-state index in [0.29, 0.717) is 6.42 Å². The lowest BCUT2D eigenvalue weighted by molar-refractivity contribution is -0.660. The topological polar surface area (TPSA) is 17.0 Å². The van der Waals surface area contributed by atoms with E-state index in [-0.39, 0.29) is 10.8 Å². The standard InChI is InChI=1S/C35H38NO/c1-22-16-17-26-25-13-10-12-24(32(25)37-33(26)30(22)29-15-8-9-21-36(29)7)23-18-19-28(34(2,3)4)27-14-11-20-35(5,6)31(23)27/h8-10,12-13,15-19,21H,11,14,20H2,1-7H3/q+1/i14D2. The molecule has 0 aliphatic heterocycles. The van der Waals surface area contributed by atoms with Crippen molar-refractivity contribution in [2.45, 2.75) is 71.6 Å². The molecule has 5 aromatic rings. The van der Waals surface area contributed by atoms with Crippen molar-refractivity contribution in [3.63, 3.8) is 0 Å². The largest absolute Gasteiger partial charge is 0.454 e. The van der Waals surface area contributed by atoms with Gasteiger partial charge in [0, 0.05) is 31.2 Å². The number of aryl methyl sites for hydroxylation is 2. The Morgan fingerprint density at radius 2 is 1.68 bits per heavy atom. The Morgan fingerprint density at radius 1 is 0.892 bits per heavy atom. The van der Waals surface area contributed by atoms with E-state index in [1.165, 1.54) is 5.56 Å². The summed E-state index contributed by atoms with van der Waals surface area (Å²) in [5.74, 6) is 0. The normalized spacial score (nSPS) is 17.5. The highest BCUT2D eigenvalue weighted by atomic mass is 16.3. The van der Waals surface area contributed by atoms with Crippen molar-refractivity contribution >= 4 is 21.9 Å². The van der Waals surface area contributed by atoms with Gasteiger partial charge in [-0.05, 0) is 70.9 Å². The van der Waals surface area contributed by atoms with Gasteiger partial charge in [-0.1, -0.05) is 77.1 Å². The van der Waals surface area contributed by atoms with Gasteiger partial charge in [-0.3, -0.25) is 0 Å². The van der Waals surface area contributed by atoms with Crippen molar-refractivity contribution in [3.05, 3.63) is 89.1 Å². The molecular weight excluding hydrogens is 450 g/mol. The molecule has 2 nitrogen and oxygen atoms in total. The summed E-state index contributed by atoms with van der Waals surface area (Å²) in [6.45, 7) is 13.2. The number of hydrogen-bond donors (Lipinski definition) is 0. The van der Waals surface area contributed by atoms with Gasteiger partial charge in [0.05, 0.1) is 5.56 Å². The molecule has 0 amide bonds. The average Bonchev–Trinajstić information content (AvgIpc) is 3.25. The molecule has 3 aromatic carbocycles. The molecule has 0 saturated heterocycles. The number of pyridine rings is 1. The van der Waals surface area contributed by atoms with E-state index in [2.05, 4.69) is 114 Å². The SMILES string of the molecule is [2H]C1([2H])CCC(C)(C)c2c(-c3cccc4c3oc3c(-c5cccc[n+]5C)c(C)ccc34)ccc(C(C)(C)C)c21. The molecule has 188 valence electrons. The first-order valence-electron chi connectivity index (χ1n) is 14.4. The molecule has 0 fully saturated rings. The minimum atomic E-state index is -1.38. The van der Waals surface area contributed by atoms with Crippen LogP contribution in [0.2, 0.25) is 0 Å². The maximum atomic E-state index is 9.12. The lowest BCUT2D eigenvalue weighted by atomic mass is 9.66. The Kier molecular flexibility index (Phi) is 4.87. The smallest absolute Gasteiger partial charge is 0.216 e. The Bertz CT molecular complexity index is 1770. The number of para-hydroxylation sites is 1. The third kappa shape index (κ3) is 3.72. The van der Waals surface area contributed by atoms with Gasteiger partial charge in [0.15, 0.2) is 6.20 Å². The second-order valence-corrected chi connectivity index (χ2v) is 12.3. The fraction of sp³-hybridized carbons (Fsp3) is 0.343. The zero-order valence-corrected chi connectivity index (χ0v) is 23.1. The van der Waals surface area contributed by atoms with Crippen molar-refractivity contribution < 1.29 is 11.7 Å². The predicted molar refractivity (Wildman–Crippen MR) is 155 cm³/mol. The predicted octanol–water partition coefficient (Wildman–Crippen LogP) is 8.96. The fourth-order valence-corrected chi connectivity index (χ4v) is 6.24. The first kappa shape index (κ1) is 21.7. The second-order valence-electron chi connectivity index (χ2n) is 12.3. The monoisotopic (exact) mass is 490 g/mol. The minimum absolute atomic E-state index is 0.160. The van der Waals surface area contributed by atoms with Crippen molar-refractivity contribution in [2.24, 2.45) is 7.05 Å². The van der Waals surface area contributed by atoms with Crippen molar-refractivity contribution in [1.82, 2.24) is 0 Å². The third-order valence-electron chi connectivity index (χ3n) is 8.22. The molecule has 2 aromatic heterocycles. The maximum Gasteiger partial charge on any atom is 0.216 e. The van der Waals surface area contributed by atoms with Crippen LogP contribution in [0.5, 0.6) is 0 Å². The minimum Gasteiger partial charge on any atom is -0.454 e. The summed E-state index contributed by atoms with van der Waals surface area (Å²) < 4.78 is 27.2. The van der Waals surface area contributed by atoms with Crippen LogP contribution in [0.15, 0.2) is 71.3 Å². The number of rotatable bonds is 2. The van der Waals surface area contributed by atoms with E-state index in [0.717, 1.165) is 67.4 Å². The van der Waals surface area contributed by atoms with E-state index < -0.39 is 6.37 Å². The first-order valence-corrected chi connectivity index (χ1v) is 13.4. The Balaban J connectivity index is 1.71. The van der Waals surface area contributed by atoms with Crippen LogP contribution in [0.1, 0.15) is 72.5 Å². The van der Waals surface area contributed by atoms with Crippen LogP contribution in [-0.2, 0) is 24.3 Å². The number of furan rings is 1. The van der Waals surface area contributed by atoms with Crippen LogP contribution in [0.3, 0.4) is 0 Å². The molecule has 0 bridgehead atoms.